The number of pyridine rings is 1. The molecule has 2 N–H and O–H groups in total. The minimum Gasteiger partial charge on any atom is -0.376 e. The van der Waals surface area contributed by atoms with Gasteiger partial charge in [0, 0.05) is 19.3 Å². The molecule has 1 aliphatic heterocycles. The van der Waals surface area contributed by atoms with E-state index in [9.17, 15) is 0 Å². The first-order valence-corrected chi connectivity index (χ1v) is 7.09. The van der Waals surface area contributed by atoms with E-state index >= 15 is 0 Å². The lowest BCUT2D eigenvalue weighted by molar-refractivity contribution is 0.120. The lowest BCUT2D eigenvalue weighted by Crippen LogP contribution is -2.20. The summed E-state index contributed by atoms with van der Waals surface area (Å²) in [6, 6.07) is 5.80. The summed E-state index contributed by atoms with van der Waals surface area (Å²) < 4.78 is 5.55. The van der Waals surface area contributed by atoms with Gasteiger partial charge in [-0.25, -0.2) is 0 Å². The van der Waals surface area contributed by atoms with Gasteiger partial charge in [-0.2, -0.15) is 10.1 Å². The molecule has 1 saturated heterocycles. The van der Waals surface area contributed by atoms with Crippen LogP contribution in [0.4, 0.5) is 11.8 Å². The van der Waals surface area contributed by atoms with Crippen LogP contribution >= 0.6 is 0 Å². The molecule has 0 aromatic carbocycles. The predicted molar refractivity (Wildman–Crippen MR) is 78.9 cm³/mol. The Morgan fingerprint density at radius 3 is 3.10 bits per heavy atom. The maximum Gasteiger partial charge on any atom is 0.244 e. The molecule has 0 spiro atoms. The van der Waals surface area contributed by atoms with Crippen LogP contribution in [0.5, 0.6) is 0 Å². The quantitative estimate of drug-likeness (QED) is 0.831. The Morgan fingerprint density at radius 2 is 2.29 bits per heavy atom. The molecule has 7 heteroatoms. The molecule has 0 aliphatic carbocycles. The van der Waals surface area contributed by atoms with Gasteiger partial charge in [0.05, 0.1) is 24.5 Å². The second-order valence-corrected chi connectivity index (χ2v) is 4.86. The highest BCUT2D eigenvalue weighted by molar-refractivity contribution is 5.37. The fourth-order valence-corrected chi connectivity index (χ4v) is 2.16. The second-order valence-electron chi connectivity index (χ2n) is 4.86. The third-order valence-corrected chi connectivity index (χ3v) is 3.25. The Morgan fingerprint density at radius 1 is 1.29 bits per heavy atom. The average molecular weight is 286 g/mol. The SMILES string of the molecule is c1ccc(CNc2cnnc(NCC3CCCO3)n2)nc1. The number of hydrogen-bond acceptors (Lipinski definition) is 7. The largest absolute Gasteiger partial charge is 0.376 e. The lowest BCUT2D eigenvalue weighted by atomic mass is 10.2. The number of aromatic nitrogens is 4. The van der Waals surface area contributed by atoms with Crippen molar-refractivity contribution in [2.75, 3.05) is 23.8 Å². The first kappa shape index (κ1) is 13.7. The highest BCUT2D eigenvalue weighted by Gasteiger charge is 2.15. The predicted octanol–water partition coefficient (Wildman–Crippen LogP) is 1.47. The topological polar surface area (TPSA) is 84.9 Å². The zero-order valence-corrected chi connectivity index (χ0v) is 11.7. The summed E-state index contributed by atoms with van der Waals surface area (Å²) in [5, 5.41) is 14.3. The molecule has 21 heavy (non-hydrogen) atoms. The van der Waals surface area contributed by atoms with Crippen molar-refractivity contribution in [3.8, 4) is 0 Å². The number of nitrogens with one attached hydrogen (secondary N) is 2. The fraction of sp³-hybridized carbons (Fsp3) is 0.429. The van der Waals surface area contributed by atoms with Gasteiger partial charge in [0.2, 0.25) is 5.95 Å². The summed E-state index contributed by atoms with van der Waals surface area (Å²) in [7, 11) is 0. The minimum atomic E-state index is 0.249. The summed E-state index contributed by atoms with van der Waals surface area (Å²) in [6.45, 7) is 2.16. The molecule has 0 saturated carbocycles. The van der Waals surface area contributed by atoms with Gasteiger partial charge in [0.1, 0.15) is 0 Å². The van der Waals surface area contributed by atoms with Crippen LogP contribution in [0.15, 0.2) is 30.6 Å². The Hall–Kier alpha value is -2.28. The van der Waals surface area contributed by atoms with Gasteiger partial charge >= 0.3 is 0 Å². The number of nitrogens with zero attached hydrogens (tertiary/aromatic N) is 4. The highest BCUT2D eigenvalue weighted by Crippen LogP contribution is 2.12. The second kappa shape index (κ2) is 6.94. The number of anilines is 2. The summed E-state index contributed by atoms with van der Waals surface area (Å²) in [5.41, 5.74) is 0.949. The van der Waals surface area contributed by atoms with E-state index in [-0.39, 0.29) is 6.10 Å². The van der Waals surface area contributed by atoms with E-state index in [0.717, 1.165) is 25.1 Å². The molecular weight excluding hydrogens is 268 g/mol. The van der Waals surface area contributed by atoms with Crippen molar-refractivity contribution in [3.63, 3.8) is 0 Å². The van der Waals surface area contributed by atoms with Crippen molar-refractivity contribution in [2.45, 2.75) is 25.5 Å². The van der Waals surface area contributed by atoms with Gasteiger partial charge < -0.3 is 15.4 Å². The molecule has 1 aliphatic rings. The van der Waals surface area contributed by atoms with Crippen molar-refractivity contribution >= 4 is 11.8 Å². The first-order valence-electron chi connectivity index (χ1n) is 7.09. The normalized spacial score (nSPS) is 17.6. The fourth-order valence-electron chi connectivity index (χ4n) is 2.16. The van der Waals surface area contributed by atoms with Crippen molar-refractivity contribution in [1.29, 1.82) is 0 Å². The van der Waals surface area contributed by atoms with Crippen LogP contribution in [0.3, 0.4) is 0 Å². The van der Waals surface area contributed by atoms with Crippen LogP contribution in [-0.2, 0) is 11.3 Å². The molecule has 1 fully saturated rings. The van der Waals surface area contributed by atoms with Gasteiger partial charge in [-0.15, -0.1) is 5.10 Å². The highest BCUT2D eigenvalue weighted by atomic mass is 16.5. The summed E-state index contributed by atoms with van der Waals surface area (Å²) in [4.78, 5) is 8.62. The van der Waals surface area contributed by atoms with Crippen LogP contribution in [0.2, 0.25) is 0 Å². The molecular formula is C14H18N6O. The number of rotatable bonds is 6. The molecule has 0 radical (unpaired) electrons. The number of ether oxygens (including phenoxy) is 1. The Kier molecular flexibility index (Phi) is 4.52. The average Bonchev–Trinajstić information content (AvgIpc) is 3.06. The van der Waals surface area contributed by atoms with Crippen LogP contribution in [-0.4, -0.2) is 39.4 Å². The maximum atomic E-state index is 5.55. The van der Waals surface area contributed by atoms with Crippen molar-refractivity contribution in [1.82, 2.24) is 20.2 Å². The molecule has 1 unspecified atom stereocenters. The molecule has 0 amide bonds. The zero-order valence-electron chi connectivity index (χ0n) is 11.7. The van der Waals surface area contributed by atoms with E-state index in [1.165, 1.54) is 0 Å². The van der Waals surface area contributed by atoms with E-state index in [1.54, 1.807) is 12.4 Å². The van der Waals surface area contributed by atoms with Gasteiger partial charge in [-0.05, 0) is 25.0 Å². The molecule has 2 aromatic heterocycles. The minimum absolute atomic E-state index is 0.249. The molecule has 1 atom stereocenters. The van der Waals surface area contributed by atoms with E-state index in [1.807, 2.05) is 18.2 Å². The standard InChI is InChI=1S/C14H18N6O/c1-2-6-15-11(4-1)8-16-13-10-18-20-14(19-13)17-9-12-5-3-7-21-12/h1-2,4,6,10,12H,3,5,7-9H2,(H2,16,17,19,20). The van der Waals surface area contributed by atoms with Crippen LogP contribution < -0.4 is 10.6 Å². The molecule has 3 rings (SSSR count). The monoisotopic (exact) mass is 286 g/mol. The van der Waals surface area contributed by atoms with E-state index < -0.39 is 0 Å². The van der Waals surface area contributed by atoms with Gasteiger partial charge in [-0.3, -0.25) is 4.98 Å². The van der Waals surface area contributed by atoms with Crippen molar-refractivity contribution in [3.05, 3.63) is 36.3 Å². The van der Waals surface area contributed by atoms with E-state index in [2.05, 4.69) is 30.8 Å². The Labute approximate surface area is 123 Å². The van der Waals surface area contributed by atoms with Gasteiger partial charge in [-0.1, -0.05) is 6.07 Å². The summed E-state index contributed by atoms with van der Waals surface area (Å²) in [5.74, 6) is 1.18. The van der Waals surface area contributed by atoms with Crippen molar-refractivity contribution < 1.29 is 4.74 Å². The Balaban J connectivity index is 1.52. The van der Waals surface area contributed by atoms with E-state index in [4.69, 9.17) is 4.74 Å². The molecule has 110 valence electrons. The van der Waals surface area contributed by atoms with Crippen molar-refractivity contribution in [2.24, 2.45) is 0 Å². The van der Waals surface area contributed by atoms with Gasteiger partial charge in [0.15, 0.2) is 5.82 Å². The third kappa shape index (κ3) is 4.09. The first-order chi connectivity index (χ1) is 10.4. The van der Waals surface area contributed by atoms with Gasteiger partial charge in [0.25, 0.3) is 0 Å². The lowest BCUT2D eigenvalue weighted by Gasteiger charge is -2.11. The third-order valence-electron chi connectivity index (χ3n) is 3.25. The maximum absolute atomic E-state index is 5.55. The molecule has 3 heterocycles. The number of hydrogen-bond donors (Lipinski definition) is 2. The van der Waals surface area contributed by atoms with Crippen LogP contribution in [0, 0.1) is 0 Å². The van der Waals surface area contributed by atoms with E-state index in [0.29, 0.717) is 24.9 Å². The molecule has 2 aromatic rings. The summed E-state index contributed by atoms with van der Waals surface area (Å²) >= 11 is 0. The van der Waals surface area contributed by atoms with Crippen LogP contribution in [0.1, 0.15) is 18.5 Å². The molecule has 0 bridgehead atoms. The smallest absolute Gasteiger partial charge is 0.244 e. The zero-order chi connectivity index (χ0) is 14.3. The Bertz CT molecular complexity index is 558. The van der Waals surface area contributed by atoms with Crippen LogP contribution in [0.25, 0.3) is 0 Å². The molecule has 7 nitrogen and oxygen atoms in total. The summed E-state index contributed by atoms with van der Waals surface area (Å²) in [6.07, 6.45) is 5.82.